The van der Waals surface area contributed by atoms with Gasteiger partial charge in [0.2, 0.25) is 0 Å². The molecule has 2 aromatic carbocycles. The van der Waals surface area contributed by atoms with Gasteiger partial charge in [0.15, 0.2) is 0 Å². The molecule has 2 amide bonds. The van der Waals surface area contributed by atoms with E-state index in [1.807, 2.05) is 30.3 Å². The Bertz CT molecular complexity index is 835. The van der Waals surface area contributed by atoms with E-state index in [9.17, 15) is 9.59 Å². The van der Waals surface area contributed by atoms with Gasteiger partial charge in [-0.25, -0.2) is 4.79 Å². The number of benzene rings is 2. The maximum absolute atomic E-state index is 13.0. The molecular weight excluding hydrogens is 380 g/mol. The average Bonchev–Trinajstić information content (AvgIpc) is 2.73. The number of halogens is 1. The maximum atomic E-state index is 13.0. The molecule has 1 fully saturated rings. The van der Waals surface area contributed by atoms with Crippen LogP contribution in [0, 0.1) is 0 Å². The monoisotopic (exact) mass is 402 g/mol. The zero-order valence-corrected chi connectivity index (χ0v) is 16.5. The topological polar surface area (TPSA) is 59.1 Å². The highest BCUT2D eigenvalue weighted by molar-refractivity contribution is 6.31. The van der Waals surface area contributed by atoms with Gasteiger partial charge in [-0.15, -0.1) is 0 Å². The van der Waals surface area contributed by atoms with Crippen LogP contribution in [0.3, 0.4) is 0 Å². The van der Waals surface area contributed by atoms with Gasteiger partial charge >= 0.3 is 6.09 Å². The summed E-state index contributed by atoms with van der Waals surface area (Å²) in [7, 11) is 0. The Morgan fingerprint density at radius 2 is 1.61 bits per heavy atom. The number of hydrogen-bond donors (Lipinski definition) is 0. The van der Waals surface area contributed by atoms with E-state index in [2.05, 4.69) is 0 Å². The van der Waals surface area contributed by atoms with Crippen LogP contribution >= 0.6 is 11.6 Å². The van der Waals surface area contributed by atoms with Gasteiger partial charge in [-0.2, -0.15) is 0 Å². The molecule has 0 N–H and O–H groups in total. The largest absolute Gasteiger partial charge is 0.488 e. The molecule has 28 heavy (non-hydrogen) atoms. The van der Waals surface area contributed by atoms with Crippen molar-refractivity contribution in [3.8, 4) is 5.75 Å². The van der Waals surface area contributed by atoms with Gasteiger partial charge in [-0.1, -0.05) is 41.9 Å². The van der Waals surface area contributed by atoms with Crippen LogP contribution < -0.4 is 4.74 Å². The van der Waals surface area contributed by atoms with Crippen LogP contribution in [-0.4, -0.2) is 54.6 Å². The van der Waals surface area contributed by atoms with E-state index >= 15 is 0 Å². The van der Waals surface area contributed by atoms with E-state index in [-0.39, 0.29) is 18.6 Å². The van der Waals surface area contributed by atoms with Gasteiger partial charge in [-0.3, -0.25) is 4.79 Å². The number of carbonyl (C=O) groups excluding carboxylic acids is 2. The Kier molecular flexibility index (Phi) is 6.76. The maximum Gasteiger partial charge on any atom is 0.409 e. The van der Waals surface area contributed by atoms with Crippen LogP contribution in [0.5, 0.6) is 5.75 Å². The normalized spacial score (nSPS) is 13.9. The quantitative estimate of drug-likeness (QED) is 0.762. The molecule has 1 aliphatic heterocycles. The van der Waals surface area contributed by atoms with Gasteiger partial charge in [0.1, 0.15) is 12.4 Å². The van der Waals surface area contributed by atoms with Crippen molar-refractivity contribution in [2.45, 2.75) is 13.5 Å². The van der Waals surface area contributed by atoms with Crippen molar-refractivity contribution in [3.63, 3.8) is 0 Å². The third kappa shape index (κ3) is 4.75. The molecule has 0 spiro atoms. The molecule has 0 unspecified atom stereocenters. The smallest absolute Gasteiger partial charge is 0.409 e. The first-order valence-electron chi connectivity index (χ1n) is 9.26. The molecular formula is C21H23ClN2O4. The average molecular weight is 403 g/mol. The fourth-order valence-electron chi connectivity index (χ4n) is 3.02. The summed E-state index contributed by atoms with van der Waals surface area (Å²) in [6.07, 6.45) is -0.335. The molecule has 0 aliphatic carbocycles. The summed E-state index contributed by atoms with van der Waals surface area (Å²) < 4.78 is 10.9. The molecule has 6 nitrogen and oxygen atoms in total. The van der Waals surface area contributed by atoms with E-state index in [0.29, 0.717) is 49.1 Å². The number of carbonyl (C=O) groups is 2. The van der Waals surface area contributed by atoms with Gasteiger partial charge in [0, 0.05) is 36.8 Å². The highest BCUT2D eigenvalue weighted by Gasteiger charge is 2.27. The standard InChI is InChI=1S/C21H23ClN2O4/c1-2-27-21(26)24-13-11-23(12-14-24)20(25)17-8-4-6-10-19(17)28-15-16-7-3-5-9-18(16)22/h3-10H,2,11-15H2,1H3. The second-order valence-corrected chi connectivity index (χ2v) is 6.76. The van der Waals surface area contributed by atoms with Crippen LogP contribution in [-0.2, 0) is 11.3 Å². The molecule has 1 saturated heterocycles. The number of hydrogen-bond acceptors (Lipinski definition) is 4. The lowest BCUT2D eigenvalue weighted by Crippen LogP contribution is -2.50. The molecule has 2 aromatic rings. The summed E-state index contributed by atoms with van der Waals surface area (Å²) in [6.45, 7) is 4.21. The van der Waals surface area contributed by atoms with E-state index in [1.54, 1.807) is 34.9 Å². The highest BCUT2D eigenvalue weighted by atomic mass is 35.5. The predicted octanol–water partition coefficient (Wildman–Crippen LogP) is 3.83. The van der Waals surface area contributed by atoms with Crippen molar-refractivity contribution in [1.29, 1.82) is 0 Å². The van der Waals surface area contributed by atoms with Crippen molar-refractivity contribution < 1.29 is 19.1 Å². The predicted molar refractivity (Wildman–Crippen MR) is 107 cm³/mol. The van der Waals surface area contributed by atoms with Crippen molar-refractivity contribution in [2.24, 2.45) is 0 Å². The van der Waals surface area contributed by atoms with Crippen molar-refractivity contribution in [1.82, 2.24) is 9.80 Å². The van der Waals surface area contributed by atoms with Gasteiger partial charge in [-0.05, 0) is 25.1 Å². The lowest BCUT2D eigenvalue weighted by molar-refractivity contribution is 0.0567. The van der Waals surface area contributed by atoms with Crippen LogP contribution in [0.1, 0.15) is 22.8 Å². The summed E-state index contributed by atoms with van der Waals surface area (Å²) >= 11 is 6.18. The van der Waals surface area contributed by atoms with Gasteiger partial charge < -0.3 is 19.3 Å². The second-order valence-electron chi connectivity index (χ2n) is 6.35. The lowest BCUT2D eigenvalue weighted by Gasteiger charge is -2.34. The first-order chi connectivity index (χ1) is 13.6. The van der Waals surface area contributed by atoms with Crippen molar-refractivity contribution >= 4 is 23.6 Å². The number of ether oxygens (including phenoxy) is 2. The van der Waals surface area contributed by atoms with Gasteiger partial charge in [0.05, 0.1) is 12.2 Å². The van der Waals surface area contributed by atoms with E-state index < -0.39 is 0 Å². The molecule has 1 heterocycles. The first kappa shape index (κ1) is 20.0. The van der Waals surface area contributed by atoms with Crippen LogP contribution in [0.2, 0.25) is 5.02 Å². The Balaban J connectivity index is 1.65. The molecule has 0 aromatic heterocycles. The van der Waals surface area contributed by atoms with Crippen molar-refractivity contribution in [3.05, 3.63) is 64.7 Å². The number of rotatable bonds is 5. The lowest BCUT2D eigenvalue weighted by atomic mass is 10.1. The van der Waals surface area contributed by atoms with E-state index in [1.165, 1.54) is 0 Å². The summed E-state index contributed by atoms with van der Waals surface area (Å²) in [6, 6.07) is 14.6. The summed E-state index contributed by atoms with van der Waals surface area (Å²) in [5, 5.41) is 0.626. The Morgan fingerprint density at radius 3 is 2.32 bits per heavy atom. The Labute approximate surface area is 169 Å². The summed E-state index contributed by atoms with van der Waals surface area (Å²) in [5.74, 6) is 0.401. The third-order valence-electron chi connectivity index (χ3n) is 4.55. The third-order valence-corrected chi connectivity index (χ3v) is 4.92. The van der Waals surface area contributed by atoms with Crippen LogP contribution in [0.4, 0.5) is 4.79 Å². The SMILES string of the molecule is CCOC(=O)N1CCN(C(=O)c2ccccc2OCc2ccccc2Cl)CC1. The van der Waals surface area contributed by atoms with E-state index in [0.717, 1.165) is 5.56 Å². The molecule has 7 heteroatoms. The molecule has 0 saturated carbocycles. The molecule has 3 rings (SSSR count). The fourth-order valence-corrected chi connectivity index (χ4v) is 3.21. The molecule has 0 radical (unpaired) electrons. The number of para-hydroxylation sites is 1. The zero-order chi connectivity index (χ0) is 19.9. The number of piperazine rings is 1. The Morgan fingerprint density at radius 1 is 0.964 bits per heavy atom. The van der Waals surface area contributed by atoms with E-state index in [4.69, 9.17) is 21.1 Å². The minimum absolute atomic E-state index is 0.113. The summed E-state index contributed by atoms with van der Waals surface area (Å²) in [5.41, 5.74) is 1.36. The Hall–Kier alpha value is -2.73. The van der Waals surface area contributed by atoms with Gasteiger partial charge in [0.25, 0.3) is 5.91 Å². The molecule has 148 valence electrons. The number of nitrogens with zero attached hydrogens (tertiary/aromatic N) is 2. The summed E-state index contributed by atoms with van der Waals surface area (Å²) in [4.78, 5) is 28.1. The second kappa shape index (κ2) is 9.46. The molecule has 0 atom stereocenters. The van der Waals surface area contributed by atoms with Crippen molar-refractivity contribution in [2.75, 3.05) is 32.8 Å². The van der Waals surface area contributed by atoms with Crippen LogP contribution in [0.25, 0.3) is 0 Å². The minimum Gasteiger partial charge on any atom is -0.488 e. The highest BCUT2D eigenvalue weighted by Crippen LogP contribution is 2.23. The fraction of sp³-hybridized carbons (Fsp3) is 0.333. The number of amides is 2. The zero-order valence-electron chi connectivity index (χ0n) is 15.8. The van der Waals surface area contributed by atoms with Crippen LogP contribution in [0.15, 0.2) is 48.5 Å². The molecule has 1 aliphatic rings. The molecule has 0 bridgehead atoms. The minimum atomic E-state index is -0.335. The first-order valence-corrected chi connectivity index (χ1v) is 9.64.